The smallest absolute Gasteiger partial charge is 0.309 e. The average Bonchev–Trinajstić information content (AvgIpc) is 3.10. The van der Waals surface area contributed by atoms with E-state index in [4.69, 9.17) is 14.2 Å². The normalized spacial score (nSPS) is 57.1. The van der Waals surface area contributed by atoms with Gasteiger partial charge in [-0.25, -0.2) is 4.90 Å². The van der Waals surface area contributed by atoms with Gasteiger partial charge in [0.2, 0.25) is 0 Å². The first kappa shape index (κ1) is 17.7. The van der Waals surface area contributed by atoms with Crippen molar-refractivity contribution in [3.63, 3.8) is 0 Å². The molecular formula is C22H31NO5. The predicted octanol–water partition coefficient (Wildman–Crippen LogP) is 2.70. The zero-order chi connectivity index (χ0) is 19.4. The van der Waals surface area contributed by atoms with Gasteiger partial charge in [-0.15, -0.1) is 0 Å². The molecule has 1 saturated carbocycles. The van der Waals surface area contributed by atoms with Gasteiger partial charge in [0.1, 0.15) is 24.2 Å². The molecule has 5 saturated heterocycles. The molecule has 0 aromatic rings. The number of rotatable bonds is 2. The van der Waals surface area contributed by atoms with E-state index in [0.29, 0.717) is 17.8 Å². The molecule has 0 aromatic carbocycles. The average molecular weight is 389 g/mol. The summed E-state index contributed by atoms with van der Waals surface area (Å²) in [5.41, 5.74) is -0.270. The van der Waals surface area contributed by atoms with Crippen LogP contribution < -0.4 is 0 Å². The second-order valence-electron chi connectivity index (χ2n) is 10.1. The molecule has 28 heavy (non-hydrogen) atoms. The van der Waals surface area contributed by atoms with Gasteiger partial charge in [-0.2, -0.15) is 0 Å². The van der Waals surface area contributed by atoms with Crippen molar-refractivity contribution in [3.05, 3.63) is 0 Å². The van der Waals surface area contributed by atoms with Crippen LogP contribution in [0.4, 0.5) is 0 Å². The Morgan fingerprint density at radius 1 is 1.07 bits per heavy atom. The molecule has 2 bridgehead atoms. The summed E-state index contributed by atoms with van der Waals surface area (Å²) in [6.07, 6.45) is 6.27. The fourth-order valence-corrected chi connectivity index (χ4v) is 8.01. The number of cyclic esters (lactones) is 1. The fraction of sp³-hybridized carbons (Fsp3) is 0.909. The number of hydrogen-bond donors (Lipinski definition) is 0. The van der Waals surface area contributed by atoms with Gasteiger partial charge in [0.05, 0.1) is 17.9 Å². The summed E-state index contributed by atoms with van der Waals surface area (Å²) in [6.45, 7) is 6.24. The van der Waals surface area contributed by atoms with E-state index < -0.39 is 0 Å². The fourth-order valence-electron chi connectivity index (χ4n) is 8.01. The monoisotopic (exact) mass is 389 g/mol. The van der Waals surface area contributed by atoms with Crippen LogP contribution in [-0.4, -0.2) is 47.0 Å². The van der Waals surface area contributed by atoms with E-state index in [1.807, 2.05) is 13.8 Å². The van der Waals surface area contributed by atoms with Crippen LogP contribution in [0.1, 0.15) is 59.3 Å². The van der Waals surface area contributed by atoms with Crippen molar-refractivity contribution in [3.8, 4) is 0 Å². The standard InChI is InChI=1S/C22H31NO5/c1-4-12-13-6-5-7-17-23-15(16-8-10(2)20(24)26-16)9-14(22(13,23)28-17)18-11(3)21(25)27-19(12)18/h10-19H,4-9H2,1-3H3/t10-,11+,12+,13+,14+,15-,16?,17-,18+,19-,22-/m0/s1. The molecule has 5 heterocycles. The van der Waals surface area contributed by atoms with Crippen LogP contribution in [-0.2, 0) is 23.8 Å². The Labute approximate surface area is 166 Å². The van der Waals surface area contributed by atoms with E-state index in [0.717, 1.165) is 38.5 Å². The Bertz CT molecular complexity index is 726. The third-order valence-corrected chi connectivity index (χ3v) is 9.06. The lowest BCUT2D eigenvalue weighted by Gasteiger charge is -2.64. The molecule has 1 aliphatic carbocycles. The van der Waals surface area contributed by atoms with Crippen molar-refractivity contribution < 1.29 is 23.8 Å². The molecule has 1 spiro atoms. The van der Waals surface area contributed by atoms with E-state index in [9.17, 15) is 9.59 Å². The third kappa shape index (κ3) is 1.92. The van der Waals surface area contributed by atoms with Crippen molar-refractivity contribution in [1.82, 2.24) is 4.90 Å². The number of ether oxygens (including phenoxy) is 3. The Balaban J connectivity index is 1.43. The number of esters is 2. The first-order valence-corrected chi connectivity index (χ1v) is 11.3. The molecule has 154 valence electrons. The maximum absolute atomic E-state index is 12.5. The van der Waals surface area contributed by atoms with Gasteiger partial charge in [0, 0.05) is 23.7 Å². The molecule has 6 aliphatic rings. The molecule has 6 fully saturated rings. The van der Waals surface area contributed by atoms with Crippen LogP contribution in [0.3, 0.4) is 0 Å². The zero-order valence-electron chi connectivity index (χ0n) is 17.0. The highest BCUT2D eigenvalue weighted by Gasteiger charge is 2.77. The predicted molar refractivity (Wildman–Crippen MR) is 98.7 cm³/mol. The van der Waals surface area contributed by atoms with Gasteiger partial charge in [0.25, 0.3) is 0 Å². The Morgan fingerprint density at radius 2 is 1.89 bits per heavy atom. The summed E-state index contributed by atoms with van der Waals surface area (Å²) in [5.74, 6) is 1.09. The van der Waals surface area contributed by atoms with Gasteiger partial charge >= 0.3 is 11.9 Å². The molecule has 1 unspecified atom stereocenters. The molecule has 11 atom stereocenters. The van der Waals surface area contributed by atoms with E-state index in [1.54, 1.807) is 0 Å². The molecule has 0 radical (unpaired) electrons. The van der Waals surface area contributed by atoms with E-state index >= 15 is 0 Å². The topological polar surface area (TPSA) is 65.1 Å². The van der Waals surface area contributed by atoms with E-state index in [-0.39, 0.29) is 59.9 Å². The largest absolute Gasteiger partial charge is 0.462 e. The molecule has 0 aromatic heterocycles. The minimum Gasteiger partial charge on any atom is -0.462 e. The van der Waals surface area contributed by atoms with Crippen LogP contribution in [0, 0.1) is 35.5 Å². The molecule has 6 nitrogen and oxygen atoms in total. The number of fused-ring (bicyclic) bond motifs is 2. The molecule has 5 aliphatic heterocycles. The van der Waals surface area contributed by atoms with Gasteiger partial charge in [-0.05, 0) is 38.5 Å². The van der Waals surface area contributed by atoms with Crippen LogP contribution in [0.15, 0.2) is 0 Å². The lowest BCUT2D eigenvalue weighted by Crippen LogP contribution is -2.76. The lowest BCUT2D eigenvalue weighted by atomic mass is 9.57. The number of carbonyl (C=O) groups is 2. The lowest BCUT2D eigenvalue weighted by molar-refractivity contribution is -0.400. The SMILES string of the molecule is CC[C@H]1[C@@H]2OC(=O)[C@H](C)[C@@H]2[C@H]2C[C@@H](C3C[C@H](C)C(=O)O3)N3[C@@H]4CCC[C@H]1[C@]23O4. The molecule has 0 N–H and O–H groups in total. The highest BCUT2D eigenvalue weighted by atomic mass is 16.6. The summed E-state index contributed by atoms with van der Waals surface area (Å²) >= 11 is 0. The van der Waals surface area contributed by atoms with Crippen molar-refractivity contribution in [2.75, 3.05) is 0 Å². The summed E-state index contributed by atoms with van der Waals surface area (Å²) < 4.78 is 18.6. The second-order valence-corrected chi connectivity index (χ2v) is 10.1. The van der Waals surface area contributed by atoms with E-state index in [2.05, 4.69) is 11.8 Å². The summed E-state index contributed by atoms with van der Waals surface area (Å²) in [7, 11) is 0. The van der Waals surface area contributed by atoms with Gasteiger partial charge in [-0.1, -0.05) is 20.8 Å². The highest BCUT2D eigenvalue weighted by Crippen LogP contribution is 2.68. The molecule has 6 rings (SSSR count). The molecule has 0 amide bonds. The van der Waals surface area contributed by atoms with E-state index in [1.165, 1.54) is 0 Å². The number of carbonyl (C=O) groups excluding carboxylic acids is 2. The van der Waals surface area contributed by atoms with Gasteiger partial charge in [-0.3, -0.25) is 9.59 Å². The number of hydrogen-bond acceptors (Lipinski definition) is 6. The minimum atomic E-state index is -0.270. The zero-order valence-corrected chi connectivity index (χ0v) is 17.0. The summed E-state index contributed by atoms with van der Waals surface area (Å²) in [5, 5.41) is 0. The first-order valence-electron chi connectivity index (χ1n) is 11.3. The third-order valence-electron chi connectivity index (χ3n) is 9.06. The quantitative estimate of drug-likeness (QED) is 0.677. The van der Waals surface area contributed by atoms with Crippen LogP contribution in [0.5, 0.6) is 0 Å². The maximum atomic E-state index is 12.5. The van der Waals surface area contributed by atoms with Gasteiger partial charge < -0.3 is 14.2 Å². The highest BCUT2D eigenvalue weighted by molar-refractivity contribution is 5.75. The van der Waals surface area contributed by atoms with Crippen molar-refractivity contribution in [2.45, 2.75) is 89.5 Å². The van der Waals surface area contributed by atoms with Crippen LogP contribution in [0.2, 0.25) is 0 Å². The molecule has 6 heteroatoms. The second kappa shape index (κ2) is 5.72. The Morgan fingerprint density at radius 3 is 2.61 bits per heavy atom. The first-order chi connectivity index (χ1) is 13.5. The van der Waals surface area contributed by atoms with Crippen molar-refractivity contribution in [1.29, 1.82) is 0 Å². The summed E-state index contributed by atoms with van der Waals surface area (Å²) in [4.78, 5) is 27.3. The van der Waals surface area contributed by atoms with Crippen molar-refractivity contribution >= 4 is 11.9 Å². The maximum Gasteiger partial charge on any atom is 0.309 e. The molecular weight excluding hydrogens is 358 g/mol. The summed E-state index contributed by atoms with van der Waals surface area (Å²) in [6, 6.07) is 0.220. The Kier molecular flexibility index (Phi) is 3.61. The Hall–Kier alpha value is -1.14. The van der Waals surface area contributed by atoms with Crippen molar-refractivity contribution in [2.24, 2.45) is 35.5 Å². The van der Waals surface area contributed by atoms with Gasteiger partial charge in [0.15, 0.2) is 0 Å². The minimum absolute atomic E-state index is 0.0170. The van der Waals surface area contributed by atoms with Crippen LogP contribution in [0.25, 0.3) is 0 Å². The number of nitrogens with zero attached hydrogens (tertiary/aromatic N) is 1. The van der Waals surface area contributed by atoms with Crippen LogP contribution >= 0.6 is 0 Å².